The summed E-state index contributed by atoms with van der Waals surface area (Å²) in [5.41, 5.74) is -0.0294. The Morgan fingerprint density at radius 2 is 1.96 bits per heavy atom. The van der Waals surface area contributed by atoms with E-state index in [9.17, 15) is 18.0 Å². The molecule has 0 aliphatic carbocycles. The van der Waals surface area contributed by atoms with Gasteiger partial charge in [0.25, 0.3) is 0 Å². The zero-order chi connectivity index (χ0) is 19.9. The maximum absolute atomic E-state index is 12.9. The minimum absolute atomic E-state index is 0.0818. The van der Waals surface area contributed by atoms with Crippen molar-refractivity contribution in [1.82, 2.24) is 9.38 Å². The number of carbonyl (C=O) groups excluding carboxylic acids is 1. The van der Waals surface area contributed by atoms with Gasteiger partial charge in [-0.2, -0.15) is 13.2 Å². The third kappa shape index (κ3) is 3.40. The number of anilines is 1. The van der Waals surface area contributed by atoms with E-state index in [2.05, 4.69) is 10.3 Å². The predicted octanol–water partition coefficient (Wildman–Crippen LogP) is 4.76. The largest absolute Gasteiger partial charge is 0.497 e. The first kappa shape index (κ1) is 18.3. The molecule has 0 atom stereocenters. The molecule has 1 N–H and O–H groups in total. The highest BCUT2D eigenvalue weighted by atomic mass is 32.1. The molecule has 144 valence electrons. The highest BCUT2D eigenvalue weighted by Gasteiger charge is 2.35. The molecule has 4 rings (SSSR count). The number of amides is 1. The number of halogens is 3. The maximum atomic E-state index is 12.9. The van der Waals surface area contributed by atoms with Gasteiger partial charge < -0.3 is 10.1 Å². The molecule has 28 heavy (non-hydrogen) atoms. The van der Waals surface area contributed by atoms with Crippen LogP contribution in [0.15, 0.2) is 48.1 Å². The number of benzene rings is 2. The van der Waals surface area contributed by atoms with Crippen LogP contribution in [0.5, 0.6) is 5.75 Å². The number of nitrogens with zero attached hydrogens (tertiary/aromatic N) is 2. The number of alkyl halides is 3. The second-order valence-electron chi connectivity index (χ2n) is 6.16. The molecule has 0 fully saturated rings. The molecule has 2 aromatic heterocycles. The lowest BCUT2D eigenvalue weighted by Gasteiger charge is -2.06. The molecule has 2 aromatic carbocycles. The lowest BCUT2D eigenvalue weighted by Crippen LogP contribution is -2.14. The van der Waals surface area contributed by atoms with Gasteiger partial charge in [-0.3, -0.25) is 9.20 Å². The number of imidazole rings is 1. The van der Waals surface area contributed by atoms with Crippen LogP contribution in [0, 0.1) is 0 Å². The molecule has 0 unspecified atom stereocenters. The van der Waals surface area contributed by atoms with Crippen LogP contribution in [0.2, 0.25) is 0 Å². The van der Waals surface area contributed by atoms with Crippen molar-refractivity contribution in [2.75, 3.05) is 12.4 Å². The SMILES string of the molecule is COc1ccc2cc(CC(=O)Nc3ncn4c(C(F)(F)F)csc34)ccc2c1. The predicted molar refractivity (Wildman–Crippen MR) is 101 cm³/mol. The van der Waals surface area contributed by atoms with Gasteiger partial charge in [-0.05, 0) is 28.5 Å². The first-order valence-electron chi connectivity index (χ1n) is 8.23. The molecule has 1 amide bonds. The van der Waals surface area contributed by atoms with E-state index in [0.29, 0.717) is 0 Å². The van der Waals surface area contributed by atoms with E-state index in [0.717, 1.165) is 49.5 Å². The summed E-state index contributed by atoms with van der Waals surface area (Å²) in [6.45, 7) is 0. The van der Waals surface area contributed by atoms with E-state index in [1.54, 1.807) is 7.11 Å². The number of fused-ring (bicyclic) bond motifs is 2. The number of rotatable bonds is 4. The number of methoxy groups -OCH3 is 1. The topological polar surface area (TPSA) is 55.6 Å². The zero-order valence-electron chi connectivity index (χ0n) is 14.6. The van der Waals surface area contributed by atoms with Crippen LogP contribution >= 0.6 is 11.3 Å². The number of nitrogens with one attached hydrogen (secondary N) is 1. The standard InChI is InChI=1S/C19H14F3N3O2S/c1-27-14-5-4-12-6-11(2-3-13(12)8-14)7-16(26)24-17-18-25(10-23-17)15(9-28-18)19(20,21)22/h2-6,8-10H,7H2,1H3,(H,24,26). The lowest BCUT2D eigenvalue weighted by atomic mass is 10.0. The Hall–Kier alpha value is -3.07. The van der Waals surface area contributed by atoms with Gasteiger partial charge in [0.1, 0.15) is 22.6 Å². The maximum Gasteiger partial charge on any atom is 0.432 e. The monoisotopic (exact) mass is 405 g/mol. The first-order chi connectivity index (χ1) is 13.3. The highest BCUT2D eigenvalue weighted by molar-refractivity contribution is 7.16. The van der Waals surface area contributed by atoms with Crippen LogP contribution in [-0.2, 0) is 17.4 Å². The fraction of sp³-hybridized carbons (Fsp3) is 0.158. The Kier molecular flexibility index (Phi) is 4.46. The fourth-order valence-electron chi connectivity index (χ4n) is 2.95. The van der Waals surface area contributed by atoms with E-state index in [1.165, 1.54) is 0 Å². The number of carbonyl (C=O) groups is 1. The quantitative estimate of drug-likeness (QED) is 0.533. The van der Waals surface area contributed by atoms with E-state index in [1.807, 2.05) is 36.4 Å². The summed E-state index contributed by atoms with van der Waals surface area (Å²) < 4.78 is 45.0. The summed E-state index contributed by atoms with van der Waals surface area (Å²) in [6.07, 6.45) is -3.33. The smallest absolute Gasteiger partial charge is 0.432 e. The zero-order valence-corrected chi connectivity index (χ0v) is 15.4. The number of ether oxygens (including phenoxy) is 1. The molecular weight excluding hydrogens is 391 g/mol. The highest BCUT2D eigenvalue weighted by Crippen LogP contribution is 2.35. The van der Waals surface area contributed by atoms with Crippen molar-refractivity contribution in [3.8, 4) is 5.75 Å². The average molecular weight is 405 g/mol. The summed E-state index contributed by atoms with van der Waals surface area (Å²) in [7, 11) is 1.60. The number of hydrogen-bond donors (Lipinski definition) is 1. The second kappa shape index (κ2) is 6.83. The molecule has 0 spiro atoms. The molecule has 0 bridgehead atoms. The number of aromatic nitrogens is 2. The normalized spacial score (nSPS) is 11.9. The molecule has 0 aliphatic rings. The van der Waals surface area contributed by atoms with Gasteiger partial charge in [-0.25, -0.2) is 4.98 Å². The van der Waals surface area contributed by atoms with E-state index < -0.39 is 11.9 Å². The molecular formula is C19H14F3N3O2S. The molecule has 0 aliphatic heterocycles. The van der Waals surface area contributed by atoms with Crippen molar-refractivity contribution in [1.29, 1.82) is 0 Å². The van der Waals surface area contributed by atoms with Gasteiger partial charge in [0.05, 0.1) is 13.5 Å². The van der Waals surface area contributed by atoms with Crippen molar-refractivity contribution in [3.05, 3.63) is 59.4 Å². The Labute approximate surface area is 161 Å². The van der Waals surface area contributed by atoms with Crippen molar-refractivity contribution >= 4 is 38.7 Å². The summed E-state index contributed by atoms with van der Waals surface area (Å²) in [4.78, 5) is 16.5. The summed E-state index contributed by atoms with van der Waals surface area (Å²) >= 11 is 0.882. The molecule has 5 nitrogen and oxygen atoms in total. The van der Waals surface area contributed by atoms with Crippen molar-refractivity contribution in [3.63, 3.8) is 0 Å². The van der Waals surface area contributed by atoms with Gasteiger partial charge in [-0.1, -0.05) is 24.3 Å². The van der Waals surface area contributed by atoms with Crippen molar-refractivity contribution in [2.24, 2.45) is 0 Å². The molecule has 0 saturated heterocycles. The Bertz CT molecular complexity index is 1180. The van der Waals surface area contributed by atoms with Gasteiger partial charge >= 0.3 is 6.18 Å². The van der Waals surface area contributed by atoms with Crippen LogP contribution in [0.1, 0.15) is 11.3 Å². The molecule has 9 heteroatoms. The minimum atomic E-state index is -4.48. The van der Waals surface area contributed by atoms with Gasteiger partial charge in [-0.15, -0.1) is 11.3 Å². The fourth-order valence-corrected chi connectivity index (χ4v) is 3.90. The Morgan fingerprint density at radius 1 is 1.21 bits per heavy atom. The van der Waals surface area contributed by atoms with Crippen LogP contribution in [0.4, 0.5) is 19.0 Å². The van der Waals surface area contributed by atoms with Gasteiger partial charge in [0.2, 0.25) is 5.91 Å². The van der Waals surface area contributed by atoms with Crippen LogP contribution in [0.25, 0.3) is 15.6 Å². The van der Waals surface area contributed by atoms with Crippen molar-refractivity contribution < 1.29 is 22.7 Å². The summed E-state index contributed by atoms with van der Waals surface area (Å²) in [5.74, 6) is 0.516. The van der Waals surface area contributed by atoms with Gasteiger partial charge in [0, 0.05) is 5.38 Å². The van der Waals surface area contributed by atoms with E-state index in [4.69, 9.17) is 4.74 Å². The minimum Gasteiger partial charge on any atom is -0.497 e. The van der Waals surface area contributed by atoms with Crippen LogP contribution < -0.4 is 10.1 Å². The number of hydrogen-bond acceptors (Lipinski definition) is 4. The summed E-state index contributed by atoms with van der Waals surface area (Å²) in [5, 5.41) is 5.55. The van der Waals surface area contributed by atoms with Crippen LogP contribution in [-0.4, -0.2) is 22.4 Å². The van der Waals surface area contributed by atoms with E-state index in [-0.39, 0.29) is 23.0 Å². The molecule has 0 saturated carbocycles. The third-order valence-corrected chi connectivity index (χ3v) is 5.24. The molecule has 4 aromatic rings. The van der Waals surface area contributed by atoms with Crippen molar-refractivity contribution in [2.45, 2.75) is 12.6 Å². The third-order valence-electron chi connectivity index (χ3n) is 4.29. The molecule has 0 radical (unpaired) electrons. The first-order valence-corrected chi connectivity index (χ1v) is 9.11. The average Bonchev–Trinajstić information content (AvgIpc) is 3.24. The Morgan fingerprint density at radius 3 is 2.71 bits per heavy atom. The van der Waals surface area contributed by atoms with E-state index >= 15 is 0 Å². The van der Waals surface area contributed by atoms with Crippen LogP contribution in [0.3, 0.4) is 0 Å². The number of thiazole rings is 1. The summed E-state index contributed by atoms with van der Waals surface area (Å²) in [6, 6.07) is 11.3. The van der Waals surface area contributed by atoms with Gasteiger partial charge in [0.15, 0.2) is 5.82 Å². The lowest BCUT2D eigenvalue weighted by molar-refractivity contribution is -0.141. The molecule has 2 heterocycles. The Balaban J connectivity index is 1.52. The second-order valence-corrected chi connectivity index (χ2v) is 7.02.